The van der Waals surface area contributed by atoms with E-state index in [1.807, 2.05) is 24.3 Å². The highest BCUT2D eigenvalue weighted by molar-refractivity contribution is 7.89. The molecule has 3 rings (SSSR count). The van der Waals surface area contributed by atoms with Crippen LogP contribution in [-0.2, 0) is 34.3 Å². The van der Waals surface area contributed by atoms with Gasteiger partial charge in [0.2, 0.25) is 10.0 Å². The molecule has 1 saturated heterocycles. The molecule has 0 atom stereocenters. The molecule has 0 bridgehead atoms. The lowest BCUT2D eigenvalue weighted by atomic mass is 10.0. The van der Waals surface area contributed by atoms with Gasteiger partial charge in [-0.15, -0.1) is 0 Å². The molecule has 0 amide bonds. The van der Waals surface area contributed by atoms with Crippen LogP contribution >= 0.6 is 0 Å². The van der Waals surface area contributed by atoms with Crippen molar-refractivity contribution >= 4 is 10.0 Å². The zero-order valence-corrected chi connectivity index (χ0v) is 17.5. The molecule has 5 nitrogen and oxygen atoms in total. The van der Waals surface area contributed by atoms with Crippen molar-refractivity contribution in [3.05, 3.63) is 65.2 Å². The summed E-state index contributed by atoms with van der Waals surface area (Å²) in [6.45, 7) is 8.87. The van der Waals surface area contributed by atoms with Crippen LogP contribution in [0.3, 0.4) is 0 Å². The summed E-state index contributed by atoms with van der Waals surface area (Å²) in [6.07, 6.45) is 0.948. The monoisotopic (exact) mass is 402 g/mol. The van der Waals surface area contributed by atoms with Crippen molar-refractivity contribution in [1.29, 1.82) is 0 Å². The Kier molecular flexibility index (Phi) is 7.24. The van der Waals surface area contributed by atoms with Crippen LogP contribution in [0.2, 0.25) is 0 Å². The Bertz CT molecular complexity index is 858. The maximum Gasteiger partial charge on any atom is 0.240 e. The first kappa shape index (κ1) is 21.0. The Balaban J connectivity index is 1.60. The molecule has 1 fully saturated rings. The van der Waals surface area contributed by atoms with E-state index in [4.69, 9.17) is 4.74 Å². The second-order valence-electron chi connectivity index (χ2n) is 7.77. The number of nitrogens with zero attached hydrogens (tertiary/aromatic N) is 1. The molecule has 0 radical (unpaired) electrons. The van der Waals surface area contributed by atoms with E-state index in [9.17, 15) is 8.42 Å². The summed E-state index contributed by atoms with van der Waals surface area (Å²) in [5, 5.41) is 0. The van der Waals surface area contributed by atoms with Crippen molar-refractivity contribution in [2.75, 3.05) is 26.3 Å². The average molecular weight is 403 g/mol. The second kappa shape index (κ2) is 9.65. The van der Waals surface area contributed by atoms with Crippen molar-refractivity contribution in [2.45, 2.75) is 38.3 Å². The van der Waals surface area contributed by atoms with Crippen LogP contribution in [0.1, 0.15) is 30.5 Å². The van der Waals surface area contributed by atoms with Crippen LogP contribution < -0.4 is 4.72 Å². The van der Waals surface area contributed by atoms with E-state index >= 15 is 0 Å². The molecule has 6 heteroatoms. The number of sulfonamides is 1. The predicted molar refractivity (Wildman–Crippen MR) is 112 cm³/mol. The van der Waals surface area contributed by atoms with Crippen LogP contribution in [0.15, 0.2) is 53.4 Å². The highest BCUT2D eigenvalue weighted by Crippen LogP contribution is 2.15. The first-order chi connectivity index (χ1) is 13.4. The van der Waals surface area contributed by atoms with Gasteiger partial charge in [0.25, 0.3) is 0 Å². The van der Waals surface area contributed by atoms with E-state index in [0.29, 0.717) is 10.8 Å². The summed E-state index contributed by atoms with van der Waals surface area (Å²) >= 11 is 0. The van der Waals surface area contributed by atoms with E-state index in [1.165, 1.54) is 5.56 Å². The van der Waals surface area contributed by atoms with Crippen molar-refractivity contribution in [1.82, 2.24) is 9.62 Å². The standard InChI is InChI=1S/C22H30N2O3S/c1-18(2)14-19-6-8-22(9-7-19)28(25,26)23-16-20-4-3-5-21(15-20)17-24-10-12-27-13-11-24/h3-9,15,18,23H,10-14,16-17H2,1-2H3. The van der Waals surface area contributed by atoms with Gasteiger partial charge in [-0.2, -0.15) is 0 Å². The van der Waals surface area contributed by atoms with Gasteiger partial charge in [-0.3, -0.25) is 4.90 Å². The Hall–Kier alpha value is -1.73. The second-order valence-corrected chi connectivity index (χ2v) is 9.54. The molecule has 0 spiro atoms. The number of ether oxygens (including phenoxy) is 1. The number of hydrogen-bond donors (Lipinski definition) is 1. The van der Waals surface area contributed by atoms with Gasteiger partial charge < -0.3 is 4.74 Å². The lowest BCUT2D eigenvalue weighted by molar-refractivity contribution is 0.0342. The molecule has 0 aromatic heterocycles. The minimum atomic E-state index is -3.52. The highest BCUT2D eigenvalue weighted by Gasteiger charge is 2.14. The topological polar surface area (TPSA) is 58.6 Å². The Morgan fingerprint density at radius 2 is 1.68 bits per heavy atom. The van der Waals surface area contributed by atoms with Crippen molar-refractivity contribution in [3.63, 3.8) is 0 Å². The molecular formula is C22H30N2O3S. The van der Waals surface area contributed by atoms with Crippen LogP contribution in [-0.4, -0.2) is 39.6 Å². The minimum absolute atomic E-state index is 0.285. The van der Waals surface area contributed by atoms with E-state index in [-0.39, 0.29) is 6.54 Å². The molecule has 2 aromatic carbocycles. The fraction of sp³-hybridized carbons (Fsp3) is 0.455. The fourth-order valence-electron chi connectivity index (χ4n) is 3.39. The molecule has 1 N–H and O–H groups in total. The zero-order valence-electron chi connectivity index (χ0n) is 16.7. The number of nitrogens with one attached hydrogen (secondary N) is 1. The summed E-state index contributed by atoms with van der Waals surface area (Å²) < 4.78 is 33.3. The minimum Gasteiger partial charge on any atom is -0.379 e. The fourth-order valence-corrected chi connectivity index (χ4v) is 4.41. The van der Waals surface area contributed by atoms with Gasteiger partial charge in [-0.1, -0.05) is 50.2 Å². The van der Waals surface area contributed by atoms with Crippen molar-refractivity contribution in [2.24, 2.45) is 5.92 Å². The Labute approximate surface area is 168 Å². The molecule has 2 aromatic rings. The molecule has 0 unspecified atom stereocenters. The van der Waals surface area contributed by atoms with E-state index < -0.39 is 10.0 Å². The molecule has 0 saturated carbocycles. The van der Waals surface area contributed by atoms with E-state index in [0.717, 1.165) is 50.4 Å². The summed E-state index contributed by atoms with van der Waals surface area (Å²) in [5.41, 5.74) is 3.31. The summed E-state index contributed by atoms with van der Waals surface area (Å²) in [5.74, 6) is 0.547. The van der Waals surface area contributed by atoms with Gasteiger partial charge >= 0.3 is 0 Å². The normalized spacial score (nSPS) is 15.8. The van der Waals surface area contributed by atoms with Crippen LogP contribution in [0.5, 0.6) is 0 Å². The van der Waals surface area contributed by atoms with Crippen LogP contribution in [0.25, 0.3) is 0 Å². The smallest absolute Gasteiger partial charge is 0.240 e. The van der Waals surface area contributed by atoms with Crippen molar-refractivity contribution in [3.8, 4) is 0 Å². The average Bonchev–Trinajstić information content (AvgIpc) is 2.68. The Morgan fingerprint density at radius 1 is 1.00 bits per heavy atom. The van der Waals surface area contributed by atoms with E-state index in [1.54, 1.807) is 12.1 Å². The number of benzene rings is 2. The molecule has 1 aliphatic rings. The van der Waals surface area contributed by atoms with Gasteiger partial charge in [-0.25, -0.2) is 13.1 Å². The third kappa shape index (κ3) is 6.14. The predicted octanol–water partition coefficient (Wildman–Crippen LogP) is 3.20. The molecule has 152 valence electrons. The van der Waals surface area contributed by atoms with Crippen molar-refractivity contribution < 1.29 is 13.2 Å². The summed E-state index contributed by atoms with van der Waals surface area (Å²) in [6, 6.07) is 15.3. The Morgan fingerprint density at radius 3 is 2.36 bits per heavy atom. The number of rotatable bonds is 8. The first-order valence-corrected chi connectivity index (χ1v) is 11.4. The SMILES string of the molecule is CC(C)Cc1ccc(S(=O)(=O)NCc2cccc(CN3CCOCC3)c2)cc1. The third-order valence-electron chi connectivity index (χ3n) is 4.85. The molecular weight excluding hydrogens is 372 g/mol. The molecule has 1 heterocycles. The quantitative estimate of drug-likeness (QED) is 0.737. The van der Waals surface area contributed by atoms with Gasteiger partial charge in [0.05, 0.1) is 18.1 Å². The summed E-state index contributed by atoms with van der Waals surface area (Å²) in [7, 11) is -3.52. The molecule has 0 aliphatic carbocycles. The first-order valence-electron chi connectivity index (χ1n) is 9.89. The lowest BCUT2D eigenvalue weighted by Gasteiger charge is -2.26. The largest absolute Gasteiger partial charge is 0.379 e. The van der Waals surface area contributed by atoms with Gasteiger partial charge in [0, 0.05) is 26.2 Å². The maximum atomic E-state index is 12.6. The molecule has 28 heavy (non-hydrogen) atoms. The molecule has 1 aliphatic heterocycles. The highest BCUT2D eigenvalue weighted by atomic mass is 32.2. The number of hydrogen-bond acceptors (Lipinski definition) is 4. The van der Waals surface area contributed by atoms with Gasteiger partial charge in [0.15, 0.2) is 0 Å². The van der Waals surface area contributed by atoms with Gasteiger partial charge in [-0.05, 0) is 41.2 Å². The maximum absolute atomic E-state index is 12.6. The number of morpholine rings is 1. The van der Waals surface area contributed by atoms with Gasteiger partial charge in [0.1, 0.15) is 0 Å². The zero-order chi connectivity index (χ0) is 20.0. The third-order valence-corrected chi connectivity index (χ3v) is 6.26. The van der Waals surface area contributed by atoms with Crippen LogP contribution in [0, 0.1) is 5.92 Å². The lowest BCUT2D eigenvalue weighted by Crippen LogP contribution is -2.35. The summed E-state index contributed by atoms with van der Waals surface area (Å²) in [4.78, 5) is 2.66. The van der Waals surface area contributed by atoms with E-state index in [2.05, 4.69) is 35.6 Å². The van der Waals surface area contributed by atoms with Crippen LogP contribution in [0.4, 0.5) is 0 Å².